The number of thiophene rings is 1. The third kappa shape index (κ3) is 3.23. The summed E-state index contributed by atoms with van der Waals surface area (Å²) in [7, 11) is 0. The summed E-state index contributed by atoms with van der Waals surface area (Å²) in [6.45, 7) is 0. The Kier molecular flexibility index (Phi) is 4.46. The quantitative estimate of drug-likeness (QED) is 0.862. The molecule has 1 aromatic heterocycles. The summed E-state index contributed by atoms with van der Waals surface area (Å²) >= 11 is 13.7. The van der Waals surface area contributed by atoms with Crippen LogP contribution < -0.4 is 0 Å². The van der Waals surface area contributed by atoms with Crippen LogP contribution in [0.2, 0.25) is 10.0 Å². The summed E-state index contributed by atoms with van der Waals surface area (Å²) < 4.78 is 0. The van der Waals surface area contributed by atoms with Gasteiger partial charge in [-0.15, -0.1) is 0 Å². The summed E-state index contributed by atoms with van der Waals surface area (Å²) in [5.74, 6) is 0. The van der Waals surface area contributed by atoms with Crippen molar-refractivity contribution < 1.29 is 5.11 Å². The molecule has 4 heteroatoms. The average Bonchev–Trinajstić information content (AvgIpc) is 2.79. The van der Waals surface area contributed by atoms with Crippen molar-refractivity contribution >= 4 is 34.5 Å². The highest BCUT2D eigenvalue weighted by Crippen LogP contribution is 2.32. The van der Waals surface area contributed by atoms with Crippen molar-refractivity contribution in [1.82, 2.24) is 0 Å². The number of halogens is 2. The number of aryl methyl sites for hydroxylation is 1. The summed E-state index contributed by atoms with van der Waals surface area (Å²) in [6, 6.07) is 7.33. The van der Waals surface area contributed by atoms with Gasteiger partial charge in [0.2, 0.25) is 0 Å². The Bertz CT molecular complexity index is 462. The van der Waals surface area contributed by atoms with Gasteiger partial charge in [0, 0.05) is 15.6 Å². The number of hydrogen-bond acceptors (Lipinski definition) is 2. The van der Waals surface area contributed by atoms with Crippen LogP contribution in [0.3, 0.4) is 0 Å². The molecule has 1 N–H and O–H groups in total. The maximum atomic E-state index is 10.1. The molecule has 0 amide bonds. The summed E-state index contributed by atoms with van der Waals surface area (Å²) in [4.78, 5) is 0. The molecule has 90 valence electrons. The van der Waals surface area contributed by atoms with E-state index in [0.717, 1.165) is 6.42 Å². The zero-order chi connectivity index (χ0) is 12.3. The van der Waals surface area contributed by atoms with Gasteiger partial charge in [0.25, 0.3) is 0 Å². The van der Waals surface area contributed by atoms with Crippen LogP contribution >= 0.6 is 34.5 Å². The van der Waals surface area contributed by atoms with Crippen LogP contribution in [0.1, 0.15) is 23.7 Å². The first-order valence-electron chi connectivity index (χ1n) is 5.31. The highest BCUT2D eigenvalue weighted by molar-refractivity contribution is 7.07. The Morgan fingerprint density at radius 2 is 1.88 bits per heavy atom. The third-order valence-corrected chi connectivity index (χ3v) is 4.01. The zero-order valence-corrected chi connectivity index (χ0v) is 11.4. The topological polar surface area (TPSA) is 20.2 Å². The zero-order valence-electron chi connectivity index (χ0n) is 9.07. The smallest absolute Gasteiger partial charge is 0.0822 e. The molecule has 0 aliphatic carbocycles. The molecule has 0 fully saturated rings. The molecule has 0 radical (unpaired) electrons. The number of aliphatic hydroxyl groups is 1. The van der Waals surface area contributed by atoms with E-state index in [9.17, 15) is 5.11 Å². The second-order valence-corrected chi connectivity index (χ2v) is 5.42. The monoisotopic (exact) mass is 286 g/mol. The van der Waals surface area contributed by atoms with E-state index >= 15 is 0 Å². The average molecular weight is 287 g/mol. The molecule has 1 unspecified atom stereocenters. The van der Waals surface area contributed by atoms with Crippen LogP contribution in [0.15, 0.2) is 35.0 Å². The molecular weight excluding hydrogens is 275 g/mol. The first-order valence-corrected chi connectivity index (χ1v) is 7.01. The SMILES string of the molecule is OC(CCc1ccsc1)c1c(Cl)cccc1Cl. The van der Waals surface area contributed by atoms with Crippen LogP contribution in [0.4, 0.5) is 0 Å². The van der Waals surface area contributed by atoms with Crippen molar-refractivity contribution in [1.29, 1.82) is 0 Å². The molecule has 0 spiro atoms. The van der Waals surface area contributed by atoms with Crippen LogP contribution in [0.5, 0.6) is 0 Å². The molecule has 0 bridgehead atoms. The van der Waals surface area contributed by atoms with Crippen LogP contribution in [0, 0.1) is 0 Å². The highest BCUT2D eigenvalue weighted by Gasteiger charge is 2.15. The fraction of sp³-hybridized carbons (Fsp3) is 0.231. The summed E-state index contributed by atoms with van der Waals surface area (Å²) in [6.07, 6.45) is 0.836. The molecule has 1 heterocycles. The summed E-state index contributed by atoms with van der Waals surface area (Å²) in [5.41, 5.74) is 1.86. The Labute approximate surface area is 115 Å². The summed E-state index contributed by atoms with van der Waals surface area (Å²) in [5, 5.41) is 15.3. The lowest BCUT2D eigenvalue weighted by Crippen LogP contribution is -2.01. The number of benzene rings is 1. The first kappa shape index (κ1) is 12.9. The Hall–Kier alpha value is -0.540. The molecule has 0 saturated heterocycles. The van der Waals surface area contributed by atoms with E-state index in [1.54, 1.807) is 29.5 Å². The van der Waals surface area contributed by atoms with Crippen molar-refractivity contribution in [2.45, 2.75) is 18.9 Å². The van der Waals surface area contributed by atoms with E-state index in [2.05, 4.69) is 11.4 Å². The molecule has 0 aliphatic heterocycles. The minimum atomic E-state index is -0.615. The van der Waals surface area contributed by atoms with Gasteiger partial charge in [0.05, 0.1) is 6.10 Å². The number of hydrogen-bond donors (Lipinski definition) is 1. The minimum Gasteiger partial charge on any atom is -0.388 e. The second-order valence-electron chi connectivity index (χ2n) is 3.82. The van der Waals surface area contributed by atoms with Gasteiger partial charge >= 0.3 is 0 Å². The molecule has 0 saturated carbocycles. The predicted molar refractivity (Wildman–Crippen MR) is 74.1 cm³/mol. The molecule has 0 aliphatic rings. The van der Waals surface area contributed by atoms with Crippen LogP contribution in [-0.4, -0.2) is 5.11 Å². The fourth-order valence-corrected chi connectivity index (χ4v) is 3.06. The van der Waals surface area contributed by atoms with Gasteiger partial charge in [-0.1, -0.05) is 29.3 Å². The maximum Gasteiger partial charge on any atom is 0.0822 e. The minimum absolute atomic E-state index is 0.523. The van der Waals surface area contributed by atoms with Crippen LogP contribution in [-0.2, 0) is 6.42 Å². The van der Waals surface area contributed by atoms with E-state index in [0.29, 0.717) is 22.0 Å². The van der Waals surface area contributed by atoms with Gasteiger partial charge in [-0.3, -0.25) is 0 Å². The van der Waals surface area contributed by atoms with Crippen molar-refractivity contribution in [3.8, 4) is 0 Å². The molecular formula is C13H12Cl2OS. The van der Waals surface area contributed by atoms with Gasteiger partial charge in [0.1, 0.15) is 0 Å². The molecule has 1 atom stereocenters. The standard InChI is InChI=1S/C13H12Cl2OS/c14-10-2-1-3-11(15)13(10)12(16)5-4-9-6-7-17-8-9/h1-3,6-8,12,16H,4-5H2. The lowest BCUT2D eigenvalue weighted by atomic mass is 10.0. The van der Waals surface area contributed by atoms with E-state index in [1.807, 2.05) is 5.38 Å². The van der Waals surface area contributed by atoms with E-state index in [1.165, 1.54) is 5.56 Å². The van der Waals surface area contributed by atoms with Gasteiger partial charge in [-0.25, -0.2) is 0 Å². The predicted octanol–water partition coefficient (Wildman–Crippen LogP) is 4.72. The second kappa shape index (κ2) is 5.87. The maximum absolute atomic E-state index is 10.1. The van der Waals surface area contributed by atoms with E-state index in [4.69, 9.17) is 23.2 Å². The lowest BCUT2D eigenvalue weighted by molar-refractivity contribution is 0.168. The Morgan fingerprint density at radius 1 is 1.18 bits per heavy atom. The molecule has 2 rings (SSSR count). The van der Waals surface area contributed by atoms with Crippen molar-refractivity contribution in [2.75, 3.05) is 0 Å². The largest absolute Gasteiger partial charge is 0.388 e. The third-order valence-electron chi connectivity index (χ3n) is 2.62. The van der Waals surface area contributed by atoms with Crippen molar-refractivity contribution in [3.05, 3.63) is 56.2 Å². The Morgan fingerprint density at radius 3 is 2.47 bits per heavy atom. The number of aliphatic hydroxyl groups excluding tert-OH is 1. The molecule has 17 heavy (non-hydrogen) atoms. The first-order chi connectivity index (χ1) is 8.18. The van der Waals surface area contributed by atoms with E-state index in [-0.39, 0.29) is 0 Å². The number of rotatable bonds is 4. The van der Waals surface area contributed by atoms with Gasteiger partial charge in [-0.2, -0.15) is 11.3 Å². The van der Waals surface area contributed by atoms with Crippen molar-refractivity contribution in [3.63, 3.8) is 0 Å². The highest BCUT2D eigenvalue weighted by atomic mass is 35.5. The van der Waals surface area contributed by atoms with E-state index < -0.39 is 6.10 Å². The lowest BCUT2D eigenvalue weighted by Gasteiger charge is -2.13. The fourth-order valence-electron chi connectivity index (χ4n) is 1.71. The molecule has 1 nitrogen and oxygen atoms in total. The van der Waals surface area contributed by atoms with Gasteiger partial charge < -0.3 is 5.11 Å². The van der Waals surface area contributed by atoms with Gasteiger partial charge in [0.15, 0.2) is 0 Å². The normalized spacial score (nSPS) is 12.6. The molecule has 2 aromatic rings. The van der Waals surface area contributed by atoms with Crippen LogP contribution in [0.25, 0.3) is 0 Å². The Balaban J connectivity index is 2.07. The molecule has 1 aromatic carbocycles. The van der Waals surface area contributed by atoms with Crippen molar-refractivity contribution in [2.24, 2.45) is 0 Å². The van der Waals surface area contributed by atoms with Gasteiger partial charge in [-0.05, 0) is 47.4 Å².